The molecule has 0 bridgehead atoms. The molecule has 19 heavy (non-hydrogen) atoms. The Hall–Kier alpha value is -1.75. The Morgan fingerprint density at radius 1 is 0.947 bits per heavy atom. The van der Waals surface area contributed by atoms with Gasteiger partial charge in [0.1, 0.15) is 5.82 Å². The predicted molar refractivity (Wildman–Crippen MR) is 65.1 cm³/mol. The van der Waals surface area contributed by atoms with Crippen molar-refractivity contribution in [2.75, 3.05) is 5.32 Å². The van der Waals surface area contributed by atoms with Crippen LogP contribution >= 0.6 is 11.6 Å². The van der Waals surface area contributed by atoms with Gasteiger partial charge in [-0.15, -0.1) is 0 Å². The van der Waals surface area contributed by atoms with Crippen molar-refractivity contribution in [3.63, 3.8) is 0 Å². The number of benzene rings is 2. The Balaban J connectivity index is 2.17. The van der Waals surface area contributed by atoms with Crippen LogP contribution in [0.3, 0.4) is 0 Å². The molecule has 0 fully saturated rings. The second kappa shape index (κ2) is 5.48. The minimum atomic E-state index is -1.53. The summed E-state index contributed by atoms with van der Waals surface area (Å²) in [5.74, 6) is -4.72. The van der Waals surface area contributed by atoms with Crippen molar-refractivity contribution in [1.29, 1.82) is 0 Å². The lowest BCUT2D eigenvalue weighted by atomic mass is 10.2. The van der Waals surface area contributed by atoms with Gasteiger partial charge in [-0.3, -0.25) is 0 Å². The van der Waals surface area contributed by atoms with E-state index >= 15 is 0 Å². The molecule has 1 nitrogen and oxygen atoms in total. The largest absolute Gasteiger partial charge is 0.381 e. The van der Waals surface area contributed by atoms with E-state index in [9.17, 15) is 17.6 Å². The molecule has 0 aliphatic heterocycles. The van der Waals surface area contributed by atoms with Crippen molar-refractivity contribution in [3.8, 4) is 0 Å². The second-order valence-electron chi connectivity index (χ2n) is 3.82. The lowest BCUT2D eigenvalue weighted by Gasteiger charge is -2.09. The molecule has 0 saturated carbocycles. The first-order valence-corrected chi connectivity index (χ1v) is 5.68. The molecule has 0 saturated heterocycles. The van der Waals surface area contributed by atoms with Gasteiger partial charge in [0.05, 0.1) is 5.02 Å². The average Bonchev–Trinajstić information content (AvgIpc) is 2.37. The first-order chi connectivity index (χ1) is 8.99. The van der Waals surface area contributed by atoms with Crippen molar-refractivity contribution in [1.82, 2.24) is 0 Å². The highest BCUT2D eigenvalue weighted by Gasteiger charge is 2.11. The third kappa shape index (κ3) is 2.98. The van der Waals surface area contributed by atoms with E-state index in [-0.39, 0.29) is 17.3 Å². The SMILES string of the molecule is Fc1cc(NCc2cccc(F)c2Cl)cc(F)c1F. The van der Waals surface area contributed by atoms with Crippen LogP contribution in [0.1, 0.15) is 5.56 Å². The van der Waals surface area contributed by atoms with Crippen LogP contribution in [0.15, 0.2) is 30.3 Å². The normalized spacial score (nSPS) is 10.6. The van der Waals surface area contributed by atoms with E-state index in [1.165, 1.54) is 12.1 Å². The van der Waals surface area contributed by atoms with Gasteiger partial charge in [0.2, 0.25) is 0 Å². The summed E-state index contributed by atoms with van der Waals surface area (Å²) in [5, 5.41) is 2.57. The fourth-order valence-corrected chi connectivity index (χ4v) is 1.73. The Morgan fingerprint density at radius 3 is 2.21 bits per heavy atom. The summed E-state index contributed by atoms with van der Waals surface area (Å²) >= 11 is 5.72. The van der Waals surface area contributed by atoms with E-state index in [0.717, 1.165) is 12.1 Å². The van der Waals surface area contributed by atoms with E-state index in [2.05, 4.69) is 5.32 Å². The highest BCUT2D eigenvalue weighted by molar-refractivity contribution is 6.31. The van der Waals surface area contributed by atoms with Crippen LogP contribution < -0.4 is 5.32 Å². The van der Waals surface area contributed by atoms with Gasteiger partial charge < -0.3 is 5.32 Å². The molecule has 0 aromatic heterocycles. The zero-order chi connectivity index (χ0) is 14.0. The number of nitrogens with one attached hydrogen (secondary N) is 1. The molecule has 0 aliphatic rings. The summed E-state index contributed by atoms with van der Waals surface area (Å²) in [6.45, 7) is 0.0567. The molecule has 1 N–H and O–H groups in total. The van der Waals surface area contributed by atoms with Crippen LogP contribution in [0.4, 0.5) is 23.2 Å². The topological polar surface area (TPSA) is 12.0 Å². The van der Waals surface area contributed by atoms with E-state index in [1.54, 1.807) is 6.07 Å². The number of hydrogen-bond acceptors (Lipinski definition) is 1. The van der Waals surface area contributed by atoms with Gasteiger partial charge >= 0.3 is 0 Å². The number of rotatable bonds is 3. The smallest absolute Gasteiger partial charge is 0.194 e. The molecule has 0 radical (unpaired) electrons. The van der Waals surface area contributed by atoms with Crippen molar-refractivity contribution in [2.24, 2.45) is 0 Å². The second-order valence-corrected chi connectivity index (χ2v) is 4.20. The molecule has 0 spiro atoms. The van der Waals surface area contributed by atoms with Crippen LogP contribution in [0.25, 0.3) is 0 Å². The molecular formula is C13H8ClF4N. The van der Waals surface area contributed by atoms with E-state index in [0.29, 0.717) is 5.56 Å². The van der Waals surface area contributed by atoms with Gasteiger partial charge in [0.15, 0.2) is 17.5 Å². The van der Waals surface area contributed by atoms with Crippen LogP contribution in [0.5, 0.6) is 0 Å². The molecule has 100 valence electrons. The van der Waals surface area contributed by atoms with Crippen LogP contribution in [-0.4, -0.2) is 0 Å². The third-order valence-corrected chi connectivity index (χ3v) is 2.92. The summed E-state index contributed by atoms with van der Waals surface area (Å²) in [6, 6.07) is 5.85. The molecule has 2 aromatic rings. The summed E-state index contributed by atoms with van der Waals surface area (Å²) < 4.78 is 51.8. The zero-order valence-electron chi connectivity index (χ0n) is 9.48. The van der Waals surface area contributed by atoms with Crippen LogP contribution in [-0.2, 0) is 6.54 Å². The Labute approximate surface area is 111 Å². The lowest BCUT2D eigenvalue weighted by Crippen LogP contribution is -2.03. The maximum Gasteiger partial charge on any atom is 0.194 e. The van der Waals surface area contributed by atoms with Gasteiger partial charge in [-0.25, -0.2) is 17.6 Å². The van der Waals surface area contributed by atoms with Crippen molar-refractivity contribution < 1.29 is 17.6 Å². The predicted octanol–water partition coefficient (Wildman–Crippen LogP) is 4.51. The minimum Gasteiger partial charge on any atom is -0.381 e. The van der Waals surface area contributed by atoms with Gasteiger partial charge in [0.25, 0.3) is 0 Å². The van der Waals surface area contributed by atoms with Crippen molar-refractivity contribution in [2.45, 2.75) is 6.54 Å². The lowest BCUT2D eigenvalue weighted by molar-refractivity contribution is 0.447. The molecule has 2 rings (SSSR count). The van der Waals surface area contributed by atoms with Crippen LogP contribution in [0, 0.1) is 23.3 Å². The first kappa shape index (κ1) is 13.7. The van der Waals surface area contributed by atoms with E-state index in [1.807, 2.05) is 0 Å². The molecule has 2 aromatic carbocycles. The van der Waals surface area contributed by atoms with Crippen molar-refractivity contribution >= 4 is 17.3 Å². The standard InChI is InChI=1S/C13H8ClF4N/c14-12-7(2-1-3-9(12)15)6-19-8-4-10(16)13(18)11(17)5-8/h1-5,19H,6H2. The fraction of sp³-hybridized carbons (Fsp3) is 0.0769. The van der Waals surface area contributed by atoms with E-state index < -0.39 is 23.3 Å². The van der Waals surface area contributed by atoms with Gasteiger partial charge in [-0.05, 0) is 11.6 Å². The number of anilines is 1. The van der Waals surface area contributed by atoms with E-state index in [4.69, 9.17) is 11.6 Å². The molecule has 0 unspecified atom stereocenters. The Morgan fingerprint density at radius 2 is 1.58 bits per heavy atom. The summed E-state index contributed by atoms with van der Waals surface area (Å²) in [7, 11) is 0. The maximum absolute atomic E-state index is 13.2. The van der Waals surface area contributed by atoms with Crippen molar-refractivity contribution in [3.05, 3.63) is 64.2 Å². The maximum atomic E-state index is 13.2. The van der Waals surface area contributed by atoms with Gasteiger partial charge in [0, 0.05) is 24.4 Å². The molecule has 0 aliphatic carbocycles. The Bertz CT molecular complexity index is 593. The minimum absolute atomic E-state index is 0.0386. The number of hydrogen-bond donors (Lipinski definition) is 1. The summed E-state index contributed by atoms with van der Waals surface area (Å²) in [4.78, 5) is 0. The molecule has 0 atom stereocenters. The molecule has 0 amide bonds. The molecule has 6 heteroatoms. The summed E-state index contributed by atoms with van der Waals surface area (Å²) in [5.41, 5.74) is 0.462. The Kier molecular flexibility index (Phi) is 3.95. The molecule has 0 heterocycles. The zero-order valence-corrected chi connectivity index (χ0v) is 10.2. The van der Waals surface area contributed by atoms with Crippen LogP contribution in [0.2, 0.25) is 5.02 Å². The quantitative estimate of drug-likeness (QED) is 0.647. The average molecular weight is 290 g/mol. The van der Waals surface area contributed by atoms with Gasteiger partial charge in [-0.1, -0.05) is 23.7 Å². The first-order valence-electron chi connectivity index (χ1n) is 5.30. The number of halogens is 5. The van der Waals surface area contributed by atoms with Gasteiger partial charge in [-0.2, -0.15) is 0 Å². The highest BCUT2D eigenvalue weighted by atomic mass is 35.5. The fourth-order valence-electron chi connectivity index (χ4n) is 1.54. The monoisotopic (exact) mass is 289 g/mol. The molecular weight excluding hydrogens is 282 g/mol. The summed E-state index contributed by atoms with van der Waals surface area (Å²) in [6.07, 6.45) is 0. The highest BCUT2D eigenvalue weighted by Crippen LogP contribution is 2.22. The third-order valence-electron chi connectivity index (χ3n) is 2.50.